The number of H-pyrrole nitrogens is 1. The van der Waals surface area contributed by atoms with E-state index in [2.05, 4.69) is 25.5 Å². The van der Waals surface area contributed by atoms with Crippen molar-refractivity contribution in [2.24, 2.45) is 0 Å². The molecule has 5 aromatic rings. The number of fused-ring (bicyclic) bond motifs is 1. The lowest BCUT2D eigenvalue weighted by atomic mass is 10.1. The van der Waals surface area contributed by atoms with Gasteiger partial charge in [0.1, 0.15) is 17.4 Å². The molecule has 0 atom stereocenters. The number of hydrogen-bond donors (Lipinski definition) is 3. The Morgan fingerprint density at radius 2 is 1.75 bits per heavy atom. The van der Waals surface area contributed by atoms with Gasteiger partial charge in [0.25, 0.3) is 0 Å². The number of aromatic amines is 1. The highest BCUT2D eigenvalue weighted by atomic mass is 19.1. The average Bonchev–Trinajstić information content (AvgIpc) is 3.24. The average molecular weight is 430 g/mol. The van der Waals surface area contributed by atoms with Crippen LogP contribution in [0.5, 0.6) is 11.5 Å². The summed E-state index contributed by atoms with van der Waals surface area (Å²) in [5.41, 5.74) is 8.31. The van der Waals surface area contributed by atoms with Crippen molar-refractivity contribution in [3.63, 3.8) is 0 Å². The van der Waals surface area contributed by atoms with Gasteiger partial charge in [0.05, 0.1) is 17.4 Å². The fourth-order valence-corrected chi connectivity index (χ4v) is 3.22. The molecule has 0 radical (unpaired) electrons. The van der Waals surface area contributed by atoms with Crippen molar-refractivity contribution < 1.29 is 13.5 Å². The van der Waals surface area contributed by atoms with Crippen LogP contribution < -0.4 is 15.8 Å². The highest BCUT2D eigenvalue weighted by Gasteiger charge is 2.10. The van der Waals surface area contributed by atoms with Crippen LogP contribution in [-0.2, 0) is 0 Å². The zero-order chi connectivity index (χ0) is 22.1. The first-order valence-corrected chi connectivity index (χ1v) is 9.61. The molecule has 4 N–H and O–H groups in total. The third-order valence-electron chi connectivity index (χ3n) is 4.73. The van der Waals surface area contributed by atoms with E-state index < -0.39 is 5.82 Å². The van der Waals surface area contributed by atoms with Crippen molar-refractivity contribution >= 4 is 28.4 Å². The Kier molecular flexibility index (Phi) is 4.83. The standard InChI is InChI=1S/C23H16F2N6O/c24-15-3-1-13(2-4-15)20-11-22(30-23(26)29-20)28-16-5-8-21(18(25)10-16)32-17-6-7-19-14(9-17)12-27-31-19/h1-12H,(H,27,31)(H3,26,28,29,30). The van der Waals surface area contributed by atoms with Crippen LogP contribution in [0.15, 0.2) is 72.9 Å². The number of nitrogen functional groups attached to an aromatic ring is 1. The molecule has 0 aliphatic heterocycles. The zero-order valence-corrected chi connectivity index (χ0v) is 16.5. The fourth-order valence-electron chi connectivity index (χ4n) is 3.22. The molecule has 0 fully saturated rings. The van der Waals surface area contributed by atoms with Gasteiger partial charge in [-0.05, 0) is 54.6 Å². The minimum Gasteiger partial charge on any atom is -0.454 e. The molecule has 2 aromatic heterocycles. The molecule has 0 spiro atoms. The lowest BCUT2D eigenvalue weighted by molar-refractivity contribution is 0.443. The Morgan fingerprint density at radius 3 is 2.56 bits per heavy atom. The Balaban J connectivity index is 1.36. The van der Waals surface area contributed by atoms with Crippen LogP contribution in [0.3, 0.4) is 0 Å². The summed E-state index contributed by atoms with van der Waals surface area (Å²) in [6.45, 7) is 0. The Morgan fingerprint density at radius 1 is 0.906 bits per heavy atom. The summed E-state index contributed by atoms with van der Waals surface area (Å²) in [6, 6.07) is 17.3. The summed E-state index contributed by atoms with van der Waals surface area (Å²) in [7, 11) is 0. The van der Waals surface area contributed by atoms with Gasteiger partial charge in [0.15, 0.2) is 11.6 Å². The maximum absolute atomic E-state index is 14.7. The SMILES string of the molecule is Nc1nc(Nc2ccc(Oc3ccc4[nH]ncc4c3)c(F)c2)cc(-c2ccc(F)cc2)n1. The minimum absolute atomic E-state index is 0.0318. The summed E-state index contributed by atoms with van der Waals surface area (Å²) in [4.78, 5) is 8.31. The van der Waals surface area contributed by atoms with E-state index in [1.165, 1.54) is 24.3 Å². The van der Waals surface area contributed by atoms with Crippen LogP contribution >= 0.6 is 0 Å². The van der Waals surface area contributed by atoms with E-state index in [1.807, 2.05) is 6.07 Å². The summed E-state index contributed by atoms with van der Waals surface area (Å²) < 4.78 is 33.5. The number of hydrogen-bond acceptors (Lipinski definition) is 6. The lowest BCUT2D eigenvalue weighted by Crippen LogP contribution is -2.02. The number of nitrogens with two attached hydrogens (primary N) is 1. The van der Waals surface area contributed by atoms with Crippen molar-refractivity contribution in [3.05, 3.63) is 84.6 Å². The van der Waals surface area contributed by atoms with Gasteiger partial charge in [0, 0.05) is 28.8 Å². The summed E-state index contributed by atoms with van der Waals surface area (Å²) in [5.74, 6) is 0.0676. The second-order valence-electron chi connectivity index (χ2n) is 6.99. The summed E-state index contributed by atoms with van der Waals surface area (Å²) >= 11 is 0. The quantitative estimate of drug-likeness (QED) is 0.344. The molecule has 0 aliphatic carbocycles. The molecule has 3 aromatic carbocycles. The number of ether oxygens (including phenoxy) is 1. The number of rotatable bonds is 5. The third kappa shape index (κ3) is 4.04. The molecule has 0 bridgehead atoms. The van der Waals surface area contributed by atoms with Crippen LogP contribution in [-0.4, -0.2) is 20.2 Å². The smallest absolute Gasteiger partial charge is 0.222 e. The number of benzene rings is 3. The van der Waals surface area contributed by atoms with Crippen molar-refractivity contribution in [1.82, 2.24) is 20.2 Å². The van der Waals surface area contributed by atoms with Gasteiger partial charge in [-0.25, -0.2) is 13.8 Å². The predicted octanol–water partition coefficient (Wildman–Crippen LogP) is 5.42. The van der Waals surface area contributed by atoms with E-state index in [0.717, 1.165) is 10.9 Å². The van der Waals surface area contributed by atoms with E-state index in [-0.39, 0.29) is 17.5 Å². The van der Waals surface area contributed by atoms with Gasteiger partial charge >= 0.3 is 0 Å². The minimum atomic E-state index is -0.553. The first-order valence-electron chi connectivity index (χ1n) is 9.61. The van der Waals surface area contributed by atoms with Gasteiger partial charge in [-0.3, -0.25) is 5.10 Å². The molecule has 7 nitrogen and oxygen atoms in total. The van der Waals surface area contributed by atoms with Gasteiger partial charge in [-0.15, -0.1) is 0 Å². The van der Waals surface area contributed by atoms with Crippen LogP contribution in [0.1, 0.15) is 0 Å². The number of nitrogens with one attached hydrogen (secondary N) is 2. The van der Waals surface area contributed by atoms with Crippen LogP contribution in [0.25, 0.3) is 22.2 Å². The van der Waals surface area contributed by atoms with E-state index in [0.29, 0.717) is 28.5 Å². The molecule has 0 saturated carbocycles. The molecule has 0 unspecified atom stereocenters. The fraction of sp³-hybridized carbons (Fsp3) is 0. The number of aromatic nitrogens is 4. The molecular weight excluding hydrogens is 414 g/mol. The zero-order valence-electron chi connectivity index (χ0n) is 16.5. The Labute approximate surface area is 180 Å². The van der Waals surface area contributed by atoms with Crippen LogP contribution in [0.4, 0.5) is 26.2 Å². The molecule has 2 heterocycles. The summed E-state index contributed by atoms with van der Waals surface area (Å²) in [6.07, 6.45) is 1.67. The van der Waals surface area contributed by atoms with Crippen molar-refractivity contribution in [1.29, 1.82) is 0 Å². The number of anilines is 3. The van der Waals surface area contributed by atoms with E-state index in [4.69, 9.17) is 10.5 Å². The van der Waals surface area contributed by atoms with Gasteiger partial charge in [-0.1, -0.05) is 0 Å². The molecule has 9 heteroatoms. The van der Waals surface area contributed by atoms with Crippen LogP contribution in [0.2, 0.25) is 0 Å². The van der Waals surface area contributed by atoms with Crippen molar-refractivity contribution in [2.45, 2.75) is 0 Å². The topological polar surface area (TPSA) is 102 Å². The van der Waals surface area contributed by atoms with Gasteiger partial charge in [0.2, 0.25) is 5.95 Å². The lowest BCUT2D eigenvalue weighted by Gasteiger charge is -2.11. The predicted molar refractivity (Wildman–Crippen MR) is 118 cm³/mol. The monoisotopic (exact) mass is 430 g/mol. The molecule has 0 amide bonds. The Hall–Kier alpha value is -4.53. The first kappa shape index (κ1) is 19.4. The molecule has 5 rings (SSSR count). The largest absolute Gasteiger partial charge is 0.454 e. The molecule has 158 valence electrons. The number of nitrogens with zero attached hydrogens (tertiary/aromatic N) is 3. The van der Waals surface area contributed by atoms with Crippen molar-refractivity contribution in [3.8, 4) is 22.8 Å². The molecule has 0 aliphatic rings. The van der Waals surface area contributed by atoms with Crippen LogP contribution in [0, 0.1) is 11.6 Å². The first-order chi connectivity index (χ1) is 15.5. The maximum Gasteiger partial charge on any atom is 0.222 e. The van der Waals surface area contributed by atoms with E-state index in [1.54, 1.807) is 42.6 Å². The number of halogens is 2. The van der Waals surface area contributed by atoms with Gasteiger partial charge < -0.3 is 15.8 Å². The highest BCUT2D eigenvalue weighted by molar-refractivity contribution is 5.79. The molecule has 0 saturated heterocycles. The maximum atomic E-state index is 14.7. The third-order valence-corrected chi connectivity index (χ3v) is 4.73. The van der Waals surface area contributed by atoms with Crippen molar-refractivity contribution in [2.75, 3.05) is 11.1 Å². The normalized spacial score (nSPS) is 10.9. The highest BCUT2D eigenvalue weighted by Crippen LogP contribution is 2.30. The summed E-state index contributed by atoms with van der Waals surface area (Å²) in [5, 5.41) is 10.7. The van der Waals surface area contributed by atoms with E-state index in [9.17, 15) is 8.78 Å². The second kappa shape index (κ2) is 7.95. The van der Waals surface area contributed by atoms with E-state index >= 15 is 0 Å². The Bertz CT molecular complexity index is 1420. The molecular formula is C23H16F2N6O. The van der Waals surface area contributed by atoms with Gasteiger partial charge in [-0.2, -0.15) is 10.1 Å². The molecule has 32 heavy (non-hydrogen) atoms. The second-order valence-corrected chi connectivity index (χ2v) is 6.99.